The van der Waals surface area contributed by atoms with Crippen LogP contribution in [-0.2, 0) is 16.1 Å². The van der Waals surface area contributed by atoms with Crippen LogP contribution in [0.15, 0.2) is 79.0 Å². The first-order chi connectivity index (χ1) is 18.6. The number of benzene rings is 3. The number of fused-ring (bicyclic) bond motifs is 1. The van der Waals surface area contributed by atoms with Gasteiger partial charge in [0, 0.05) is 62.2 Å². The maximum Gasteiger partial charge on any atom is 0.220 e. The third-order valence-corrected chi connectivity index (χ3v) is 7.22. The summed E-state index contributed by atoms with van der Waals surface area (Å²) in [6.07, 6.45) is 2.43. The van der Waals surface area contributed by atoms with Crippen molar-refractivity contribution in [3.63, 3.8) is 0 Å². The number of halogens is 1. The summed E-state index contributed by atoms with van der Waals surface area (Å²) in [5.74, 6) is 0.313. The summed E-state index contributed by atoms with van der Waals surface area (Å²) in [6, 6.07) is 22.8. The second-order valence-corrected chi connectivity index (χ2v) is 9.69. The van der Waals surface area contributed by atoms with Crippen LogP contribution in [0, 0.1) is 5.82 Å². The Bertz CT molecular complexity index is 1350. The van der Waals surface area contributed by atoms with Crippen LogP contribution in [0.25, 0.3) is 10.9 Å². The van der Waals surface area contributed by atoms with Gasteiger partial charge in [-0.25, -0.2) is 4.39 Å². The molecule has 0 radical (unpaired) electrons. The van der Waals surface area contributed by atoms with Gasteiger partial charge in [0.25, 0.3) is 0 Å². The molecule has 3 aromatic carbocycles. The molecule has 1 aromatic heterocycles. The van der Waals surface area contributed by atoms with Gasteiger partial charge < -0.3 is 19.4 Å². The number of para-hydroxylation sites is 1. The quantitative estimate of drug-likeness (QED) is 0.330. The standard InChI is InChI=1S/C31H34FN3O3/c1-37-26-12-6-23(7-13-26)21-35-22-29(27-4-2-3-5-30(27)35)28(24-8-10-25(32)11-9-24)20-31(36)33-14-15-34-16-18-38-19-17-34/h2-13,22,28H,14-21H2,1H3,(H,33,36). The summed E-state index contributed by atoms with van der Waals surface area (Å²) in [5.41, 5.74) is 4.22. The Kier molecular flexibility index (Phi) is 8.36. The van der Waals surface area contributed by atoms with Gasteiger partial charge in [0.15, 0.2) is 0 Å². The normalized spacial score (nSPS) is 14.9. The highest BCUT2D eigenvalue weighted by atomic mass is 19.1. The molecule has 1 aliphatic rings. The van der Waals surface area contributed by atoms with Crippen LogP contribution in [0.4, 0.5) is 4.39 Å². The van der Waals surface area contributed by atoms with Crippen molar-refractivity contribution in [1.29, 1.82) is 0 Å². The highest BCUT2D eigenvalue weighted by molar-refractivity contribution is 5.86. The number of morpholine rings is 1. The van der Waals surface area contributed by atoms with Gasteiger partial charge >= 0.3 is 0 Å². The highest BCUT2D eigenvalue weighted by Gasteiger charge is 2.23. The van der Waals surface area contributed by atoms with Gasteiger partial charge in [-0.1, -0.05) is 42.5 Å². The van der Waals surface area contributed by atoms with E-state index in [9.17, 15) is 9.18 Å². The second kappa shape index (κ2) is 12.2. The molecule has 1 atom stereocenters. The Morgan fingerprint density at radius 2 is 1.76 bits per heavy atom. The van der Waals surface area contributed by atoms with Gasteiger partial charge in [-0.2, -0.15) is 0 Å². The van der Waals surface area contributed by atoms with Crippen molar-refractivity contribution in [2.45, 2.75) is 18.9 Å². The first kappa shape index (κ1) is 25.9. The zero-order chi connectivity index (χ0) is 26.3. The molecule has 4 aromatic rings. The molecule has 1 aliphatic heterocycles. The van der Waals surface area contributed by atoms with Crippen LogP contribution in [0.3, 0.4) is 0 Å². The lowest BCUT2D eigenvalue weighted by molar-refractivity contribution is -0.121. The molecule has 1 N–H and O–H groups in total. The molecule has 5 rings (SSSR count). The molecule has 6 nitrogen and oxygen atoms in total. The number of hydrogen-bond acceptors (Lipinski definition) is 4. The van der Waals surface area contributed by atoms with E-state index in [1.165, 1.54) is 12.1 Å². The van der Waals surface area contributed by atoms with Crippen molar-refractivity contribution in [1.82, 2.24) is 14.8 Å². The molecule has 38 heavy (non-hydrogen) atoms. The van der Waals surface area contributed by atoms with E-state index in [-0.39, 0.29) is 24.1 Å². The summed E-state index contributed by atoms with van der Waals surface area (Å²) in [6.45, 7) is 5.34. The summed E-state index contributed by atoms with van der Waals surface area (Å²) in [5, 5.41) is 4.20. The number of carbonyl (C=O) groups is 1. The fraction of sp³-hybridized carbons (Fsp3) is 0.323. The van der Waals surface area contributed by atoms with Crippen molar-refractivity contribution in [2.24, 2.45) is 0 Å². The summed E-state index contributed by atoms with van der Waals surface area (Å²) in [7, 11) is 1.66. The Labute approximate surface area is 223 Å². The number of rotatable bonds is 10. The second-order valence-electron chi connectivity index (χ2n) is 9.69. The Hall–Kier alpha value is -3.68. The molecular formula is C31H34FN3O3. The molecule has 0 spiro atoms. The van der Waals surface area contributed by atoms with E-state index in [1.807, 2.05) is 24.3 Å². The average molecular weight is 516 g/mol. The van der Waals surface area contributed by atoms with E-state index in [2.05, 4.69) is 45.2 Å². The van der Waals surface area contributed by atoms with Gasteiger partial charge in [-0.15, -0.1) is 0 Å². The van der Waals surface area contributed by atoms with Gasteiger partial charge in [0.05, 0.1) is 20.3 Å². The molecule has 198 valence electrons. The van der Waals surface area contributed by atoms with Crippen LogP contribution in [0.1, 0.15) is 29.0 Å². The molecule has 0 bridgehead atoms. The number of nitrogens with zero attached hydrogens (tertiary/aromatic N) is 2. The fourth-order valence-electron chi connectivity index (χ4n) is 5.15. The number of ether oxygens (including phenoxy) is 2. The smallest absolute Gasteiger partial charge is 0.220 e. The molecule has 1 amide bonds. The van der Waals surface area contributed by atoms with E-state index in [1.54, 1.807) is 19.2 Å². The van der Waals surface area contributed by atoms with Crippen molar-refractivity contribution >= 4 is 16.8 Å². The fourth-order valence-corrected chi connectivity index (χ4v) is 5.15. The maximum atomic E-state index is 13.8. The average Bonchev–Trinajstić information content (AvgIpc) is 3.31. The number of nitrogens with one attached hydrogen (secondary N) is 1. The summed E-state index contributed by atoms with van der Waals surface area (Å²) < 4.78 is 26.7. The minimum Gasteiger partial charge on any atom is -0.497 e. The third kappa shape index (κ3) is 6.23. The highest BCUT2D eigenvalue weighted by Crippen LogP contribution is 2.35. The SMILES string of the molecule is COc1ccc(Cn2cc(C(CC(=O)NCCN3CCOCC3)c3ccc(F)cc3)c3ccccc32)cc1. The van der Waals surface area contributed by atoms with Crippen LogP contribution in [-0.4, -0.2) is 61.9 Å². The Balaban J connectivity index is 1.40. The van der Waals surface area contributed by atoms with Gasteiger partial charge in [0.2, 0.25) is 5.91 Å². The topological polar surface area (TPSA) is 55.7 Å². The van der Waals surface area contributed by atoms with Crippen LogP contribution in [0.2, 0.25) is 0 Å². The summed E-state index contributed by atoms with van der Waals surface area (Å²) >= 11 is 0. The Morgan fingerprint density at radius 1 is 1.03 bits per heavy atom. The van der Waals surface area contributed by atoms with Crippen molar-refractivity contribution < 1.29 is 18.7 Å². The molecule has 1 unspecified atom stereocenters. The van der Waals surface area contributed by atoms with Crippen molar-refractivity contribution in [2.75, 3.05) is 46.5 Å². The van der Waals surface area contributed by atoms with Gasteiger partial charge in [-0.05, 0) is 47.0 Å². The zero-order valence-corrected chi connectivity index (χ0v) is 21.7. The minimum atomic E-state index is -0.288. The summed E-state index contributed by atoms with van der Waals surface area (Å²) in [4.78, 5) is 15.5. The predicted octanol–water partition coefficient (Wildman–Crippen LogP) is 4.81. The van der Waals surface area contributed by atoms with Gasteiger partial charge in [-0.3, -0.25) is 9.69 Å². The van der Waals surface area contributed by atoms with Crippen LogP contribution < -0.4 is 10.1 Å². The van der Waals surface area contributed by atoms with Crippen LogP contribution >= 0.6 is 0 Å². The lowest BCUT2D eigenvalue weighted by atomic mass is 9.88. The van der Waals surface area contributed by atoms with Crippen LogP contribution in [0.5, 0.6) is 5.75 Å². The lowest BCUT2D eigenvalue weighted by Crippen LogP contribution is -2.41. The van der Waals surface area contributed by atoms with E-state index < -0.39 is 0 Å². The number of carbonyl (C=O) groups excluding carboxylic acids is 1. The van der Waals surface area contributed by atoms with E-state index in [0.717, 1.165) is 66.2 Å². The molecule has 0 aliphatic carbocycles. The van der Waals surface area contributed by atoms with E-state index in [4.69, 9.17) is 9.47 Å². The zero-order valence-electron chi connectivity index (χ0n) is 21.7. The number of amides is 1. The maximum absolute atomic E-state index is 13.8. The largest absolute Gasteiger partial charge is 0.497 e. The minimum absolute atomic E-state index is 0.0143. The number of methoxy groups -OCH3 is 1. The van der Waals surface area contributed by atoms with E-state index in [0.29, 0.717) is 13.1 Å². The Morgan fingerprint density at radius 3 is 2.50 bits per heavy atom. The van der Waals surface area contributed by atoms with Gasteiger partial charge in [0.1, 0.15) is 11.6 Å². The van der Waals surface area contributed by atoms with E-state index >= 15 is 0 Å². The predicted molar refractivity (Wildman–Crippen MR) is 147 cm³/mol. The third-order valence-electron chi connectivity index (χ3n) is 7.22. The van der Waals surface area contributed by atoms with Crippen molar-refractivity contribution in [3.8, 4) is 5.75 Å². The molecule has 2 heterocycles. The molecule has 1 saturated heterocycles. The molecule has 7 heteroatoms. The number of hydrogen-bond donors (Lipinski definition) is 1. The monoisotopic (exact) mass is 515 g/mol. The first-order valence-corrected chi connectivity index (χ1v) is 13.1. The van der Waals surface area contributed by atoms with Crippen molar-refractivity contribution in [3.05, 3.63) is 102 Å². The number of aromatic nitrogens is 1. The first-order valence-electron chi connectivity index (χ1n) is 13.1. The molecule has 0 saturated carbocycles. The lowest BCUT2D eigenvalue weighted by Gasteiger charge is -2.26. The molecule has 1 fully saturated rings. The molecular weight excluding hydrogens is 481 g/mol.